The molecule has 1 N–H and O–H groups in total. The molecule has 8 heteroatoms. The first-order chi connectivity index (χ1) is 12.9. The lowest BCUT2D eigenvalue weighted by Crippen LogP contribution is -2.51. The molecule has 1 aromatic carbocycles. The number of likely N-dealkylation sites (N-methyl/N-ethyl adjacent to an activating group) is 1. The number of methoxy groups -OCH3 is 1. The van der Waals surface area contributed by atoms with Gasteiger partial charge in [-0.25, -0.2) is 4.79 Å². The zero-order chi connectivity index (χ0) is 19.8. The van der Waals surface area contributed by atoms with Crippen LogP contribution in [0.3, 0.4) is 0 Å². The van der Waals surface area contributed by atoms with Crippen molar-refractivity contribution >= 4 is 23.4 Å². The normalized spacial score (nSPS) is 17.0. The van der Waals surface area contributed by atoms with Crippen LogP contribution in [0.1, 0.15) is 19.4 Å². The number of nitro groups is 1. The molecule has 0 aliphatic carbocycles. The Morgan fingerprint density at radius 2 is 2.07 bits per heavy atom. The molecule has 0 bridgehead atoms. The van der Waals surface area contributed by atoms with Gasteiger partial charge in [-0.3, -0.25) is 15.0 Å². The summed E-state index contributed by atoms with van der Waals surface area (Å²) < 4.78 is 4.53. The van der Waals surface area contributed by atoms with Gasteiger partial charge in [0.15, 0.2) is 0 Å². The molecule has 0 aromatic heterocycles. The van der Waals surface area contributed by atoms with E-state index >= 15 is 0 Å². The lowest BCUT2D eigenvalue weighted by atomic mass is 10.1. The number of hydrogen-bond acceptors (Lipinski definition) is 7. The van der Waals surface area contributed by atoms with Gasteiger partial charge in [-0.15, -0.1) is 0 Å². The highest BCUT2D eigenvalue weighted by Gasteiger charge is 2.21. The molecule has 8 nitrogen and oxygen atoms in total. The molecule has 1 heterocycles. The van der Waals surface area contributed by atoms with Crippen LogP contribution in [-0.4, -0.2) is 73.1 Å². The van der Waals surface area contributed by atoms with Crippen molar-refractivity contribution in [2.24, 2.45) is 0 Å². The fourth-order valence-corrected chi connectivity index (χ4v) is 3.09. The molecule has 0 amide bonds. The predicted molar refractivity (Wildman–Crippen MR) is 106 cm³/mol. The van der Waals surface area contributed by atoms with Crippen molar-refractivity contribution in [3.8, 4) is 0 Å². The van der Waals surface area contributed by atoms with Gasteiger partial charge in [0.2, 0.25) is 0 Å². The number of nitrogens with one attached hydrogen (secondary N) is 1. The smallest absolute Gasteiger partial charge is 0.330 e. The fourth-order valence-electron chi connectivity index (χ4n) is 3.09. The number of anilines is 1. The van der Waals surface area contributed by atoms with Crippen molar-refractivity contribution in [1.82, 2.24) is 9.80 Å². The van der Waals surface area contributed by atoms with Gasteiger partial charge < -0.3 is 15.0 Å². The van der Waals surface area contributed by atoms with Gasteiger partial charge in [-0.1, -0.05) is 13.0 Å². The number of ether oxygens (including phenoxy) is 1. The number of benzene rings is 1. The minimum Gasteiger partial charge on any atom is -0.466 e. The Morgan fingerprint density at radius 1 is 1.37 bits per heavy atom. The summed E-state index contributed by atoms with van der Waals surface area (Å²) in [6.45, 7) is 10.1. The van der Waals surface area contributed by atoms with E-state index in [-0.39, 0.29) is 11.7 Å². The van der Waals surface area contributed by atoms with Crippen molar-refractivity contribution in [1.29, 1.82) is 0 Å². The zero-order valence-corrected chi connectivity index (χ0v) is 16.2. The first kappa shape index (κ1) is 20.9. The van der Waals surface area contributed by atoms with Crippen LogP contribution in [0.15, 0.2) is 24.3 Å². The number of piperazine rings is 1. The van der Waals surface area contributed by atoms with Crippen LogP contribution in [0.5, 0.6) is 0 Å². The zero-order valence-electron chi connectivity index (χ0n) is 16.2. The van der Waals surface area contributed by atoms with Crippen LogP contribution in [0.25, 0.3) is 6.08 Å². The van der Waals surface area contributed by atoms with E-state index in [0.717, 1.165) is 32.7 Å². The van der Waals surface area contributed by atoms with Gasteiger partial charge in [0, 0.05) is 50.9 Å². The molecule has 1 atom stereocenters. The van der Waals surface area contributed by atoms with E-state index in [0.29, 0.717) is 17.8 Å². The Morgan fingerprint density at radius 3 is 2.67 bits per heavy atom. The molecule has 0 radical (unpaired) electrons. The summed E-state index contributed by atoms with van der Waals surface area (Å²) in [4.78, 5) is 27.0. The van der Waals surface area contributed by atoms with Gasteiger partial charge in [-0.05, 0) is 31.2 Å². The number of hydrogen-bond donors (Lipinski definition) is 1. The highest BCUT2D eigenvalue weighted by atomic mass is 16.6. The second-order valence-corrected chi connectivity index (χ2v) is 6.59. The molecule has 1 saturated heterocycles. The number of nitrogens with zero attached hydrogens (tertiary/aromatic N) is 3. The highest BCUT2D eigenvalue weighted by molar-refractivity contribution is 5.87. The quantitative estimate of drug-likeness (QED) is 0.322. The Balaban J connectivity index is 2.00. The molecule has 0 spiro atoms. The summed E-state index contributed by atoms with van der Waals surface area (Å²) in [6.07, 6.45) is 2.74. The summed E-state index contributed by atoms with van der Waals surface area (Å²) in [5, 5.41) is 14.6. The standard InChI is InChI=1S/C19H28N4O4/c1-4-21-9-11-22(12-10-21)15(2)14-20-17-7-5-16(6-8-19(24)27-3)13-18(17)23(25)26/h5-8,13,15,20H,4,9-12,14H2,1-3H3/b8-6+. The van der Waals surface area contributed by atoms with E-state index in [1.165, 1.54) is 25.3 Å². The number of esters is 1. The third-order valence-corrected chi connectivity index (χ3v) is 4.90. The summed E-state index contributed by atoms with van der Waals surface area (Å²) >= 11 is 0. The maximum atomic E-state index is 11.4. The van der Waals surface area contributed by atoms with Crippen LogP contribution in [-0.2, 0) is 9.53 Å². The van der Waals surface area contributed by atoms with Crippen LogP contribution >= 0.6 is 0 Å². The first-order valence-electron chi connectivity index (χ1n) is 9.19. The predicted octanol–water partition coefficient (Wildman–Crippen LogP) is 2.22. The first-order valence-corrected chi connectivity index (χ1v) is 9.19. The molecular formula is C19H28N4O4. The molecule has 2 rings (SSSR count). The summed E-state index contributed by atoms with van der Waals surface area (Å²) in [5.41, 5.74) is 1.04. The minimum atomic E-state index is -0.503. The average Bonchev–Trinajstić information content (AvgIpc) is 2.70. The van der Waals surface area contributed by atoms with E-state index in [1.54, 1.807) is 12.1 Å². The molecule has 1 unspecified atom stereocenters. The number of carbonyl (C=O) groups excluding carboxylic acids is 1. The van der Waals surface area contributed by atoms with Crippen LogP contribution < -0.4 is 5.32 Å². The molecule has 27 heavy (non-hydrogen) atoms. The molecule has 148 valence electrons. The van der Waals surface area contributed by atoms with Gasteiger partial charge in [0.1, 0.15) is 5.69 Å². The topological polar surface area (TPSA) is 88.0 Å². The van der Waals surface area contributed by atoms with E-state index in [9.17, 15) is 14.9 Å². The highest BCUT2D eigenvalue weighted by Crippen LogP contribution is 2.26. The average molecular weight is 376 g/mol. The van der Waals surface area contributed by atoms with Crippen molar-refractivity contribution in [3.05, 3.63) is 40.0 Å². The molecule has 1 aliphatic rings. The van der Waals surface area contributed by atoms with Gasteiger partial charge >= 0.3 is 5.97 Å². The van der Waals surface area contributed by atoms with Gasteiger partial charge in [0.05, 0.1) is 12.0 Å². The van der Waals surface area contributed by atoms with E-state index < -0.39 is 10.9 Å². The maximum absolute atomic E-state index is 11.4. The molecule has 1 aromatic rings. The summed E-state index contributed by atoms with van der Waals surface area (Å²) in [5.74, 6) is -0.503. The fraction of sp³-hybridized carbons (Fsp3) is 0.526. The van der Waals surface area contributed by atoms with E-state index in [4.69, 9.17) is 0 Å². The summed E-state index contributed by atoms with van der Waals surface area (Å²) in [6, 6.07) is 5.14. The summed E-state index contributed by atoms with van der Waals surface area (Å²) in [7, 11) is 1.28. The van der Waals surface area contributed by atoms with Crippen molar-refractivity contribution < 1.29 is 14.5 Å². The molecule has 1 fully saturated rings. The van der Waals surface area contributed by atoms with Crippen molar-refractivity contribution in [2.45, 2.75) is 19.9 Å². The van der Waals surface area contributed by atoms with Gasteiger partial charge in [0.25, 0.3) is 5.69 Å². The third kappa shape index (κ3) is 6.04. The lowest BCUT2D eigenvalue weighted by Gasteiger charge is -2.37. The Bertz CT molecular complexity index is 684. The van der Waals surface area contributed by atoms with Crippen LogP contribution in [0.2, 0.25) is 0 Å². The monoisotopic (exact) mass is 376 g/mol. The SMILES string of the molecule is CCN1CCN(C(C)CNc2ccc(/C=C/C(=O)OC)cc2[N+](=O)[O-])CC1. The Labute approximate surface area is 159 Å². The van der Waals surface area contributed by atoms with Crippen LogP contribution in [0, 0.1) is 10.1 Å². The van der Waals surface area contributed by atoms with E-state index in [2.05, 4.69) is 33.7 Å². The largest absolute Gasteiger partial charge is 0.466 e. The minimum absolute atomic E-state index is 0.00924. The molecule has 1 aliphatic heterocycles. The second kappa shape index (κ2) is 10.0. The number of nitro benzene ring substituents is 1. The lowest BCUT2D eigenvalue weighted by molar-refractivity contribution is -0.384. The maximum Gasteiger partial charge on any atom is 0.330 e. The van der Waals surface area contributed by atoms with Crippen LogP contribution in [0.4, 0.5) is 11.4 Å². The van der Waals surface area contributed by atoms with Gasteiger partial charge in [-0.2, -0.15) is 0 Å². The molecular weight excluding hydrogens is 348 g/mol. The number of rotatable bonds is 8. The Kier molecular flexibility index (Phi) is 7.75. The second-order valence-electron chi connectivity index (χ2n) is 6.59. The number of carbonyl (C=O) groups is 1. The van der Waals surface area contributed by atoms with Crippen molar-refractivity contribution in [2.75, 3.05) is 51.7 Å². The van der Waals surface area contributed by atoms with E-state index in [1.807, 2.05) is 0 Å². The molecule has 0 saturated carbocycles. The third-order valence-electron chi connectivity index (χ3n) is 4.90. The van der Waals surface area contributed by atoms with Crippen molar-refractivity contribution in [3.63, 3.8) is 0 Å². The Hall–Kier alpha value is -2.45.